The van der Waals surface area contributed by atoms with E-state index in [1.54, 1.807) is 30.3 Å². The van der Waals surface area contributed by atoms with Crippen LogP contribution < -0.4 is 10.9 Å². The monoisotopic (exact) mass is 280 g/mol. The molecule has 4 heteroatoms. The van der Waals surface area contributed by atoms with Crippen molar-refractivity contribution in [2.75, 3.05) is 0 Å². The van der Waals surface area contributed by atoms with Gasteiger partial charge in [-0.2, -0.15) is 0 Å². The van der Waals surface area contributed by atoms with Crippen molar-refractivity contribution in [3.05, 3.63) is 83.6 Å². The van der Waals surface area contributed by atoms with Crippen molar-refractivity contribution in [3.63, 3.8) is 0 Å². The Kier molecular flexibility index (Phi) is 4.88. The van der Waals surface area contributed by atoms with Crippen LogP contribution in [-0.2, 0) is 0 Å². The molecule has 0 saturated carbocycles. The van der Waals surface area contributed by atoms with E-state index in [0.29, 0.717) is 11.1 Å². The summed E-state index contributed by atoms with van der Waals surface area (Å²) < 4.78 is 0. The molecule has 0 aliphatic heterocycles. The van der Waals surface area contributed by atoms with E-state index < -0.39 is 0 Å². The Labute approximate surface area is 123 Å². The lowest BCUT2D eigenvalue weighted by Gasteiger charge is -2.03. The quantitative estimate of drug-likeness (QED) is 0.503. The summed E-state index contributed by atoms with van der Waals surface area (Å²) in [5, 5.41) is 0. The number of hydrazine groups is 1. The predicted octanol–water partition coefficient (Wildman–Crippen LogP) is 2.63. The van der Waals surface area contributed by atoms with Gasteiger partial charge < -0.3 is 5.43 Å². The molecule has 0 aromatic heterocycles. The molecule has 0 unspecified atom stereocenters. The van der Waals surface area contributed by atoms with Crippen LogP contribution in [0.2, 0.25) is 0 Å². The van der Waals surface area contributed by atoms with Crippen LogP contribution in [0.4, 0.5) is 0 Å². The van der Waals surface area contributed by atoms with Gasteiger partial charge in [-0.3, -0.25) is 15.0 Å². The molecule has 0 heterocycles. The van der Waals surface area contributed by atoms with Crippen LogP contribution in [0.15, 0.2) is 66.9 Å². The van der Waals surface area contributed by atoms with Gasteiger partial charge in [0.25, 0.3) is 5.91 Å². The van der Waals surface area contributed by atoms with Gasteiger partial charge in [-0.15, -0.1) is 0 Å². The SMILES string of the molecule is Cc1cccc(C(=O)/C=C/NNC(=O)c2ccccc2)c1. The molecule has 0 radical (unpaired) electrons. The van der Waals surface area contributed by atoms with E-state index in [1.165, 1.54) is 12.3 Å². The van der Waals surface area contributed by atoms with E-state index in [4.69, 9.17) is 0 Å². The smallest absolute Gasteiger partial charge is 0.269 e. The molecule has 0 aliphatic carbocycles. The van der Waals surface area contributed by atoms with E-state index in [1.807, 2.05) is 31.2 Å². The van der Waals surface area contributed by atoms with Gasteiger partial charge in [0.2, 0.25) is 0 Å². The molecule has 2 rings (SSSR count). The predicted molar refractivity (Wildman–Crippen MR) is 81.7 cm³/mol. The number of hydrogen-bond donors (Lipinski definition) is 2. The number of nitrogens with one attached hydrogen (secondary N) is 2. The van der Waals surface area contributed by atoms with Crippen LogP contribution in [0.3, 0.4) is 0 Å². The average molecular weight is 280 g/mol. The van der Waals surface area contributed by atoms with Crippen molar-refractivity contribution in [1.82, 2.24) is 10.9 Å². The molecular weight excluding hydrogens is 264 g/mol. The largest absolute Gasteiger partial charge is 0.305 e. The Morgan fingerprint density at radius 2 is 1.67 bits per heavy atom. The number of ketones is 1. The maximum Gasteiger partial charge on any atom is 0.269 e. The first kappa shape index (κ1) is 14.5. The summed E-state index contributed by atoms with van der Waals surface area (Å²) >= 11 is 0. The molecule has 0 fully saturated rings. The fourth-order valence-electron chi connectivity index (χ4n) is 1.78. The number of hydrogen-bond acceptors (Lipinski definition) is 3. The molecule has 2 aromatic rings. The molecule has 0 saturated heterocycles. The first-order valence-corrected chi connectivity index (χ1v) is 6.55. The highest BCUT2D eigenvalue weighted by molar-refractivity contribution is 6.04. The second-order valence-electron chi connectivity index (χ2n) is 4.53. The molecular formula is C17H16N2O2. The van der Waals surface area contributed by atoms with Gasteiger partial charge in [0.1, 0.15) is 0 Å². The summed E-state index contributed by atoms with van der Waals surface area (Å²) in [6.07, 6.45) is 2.78. The minimum atomic E-state index is -0.261. The Hall–Kier alpha value is -2.88. The van der Waals surface area contributed by atoms with Crippen LogP contribution in [0.5, 0.6) is 0 Å². The van der Waals surface area contributed by atoms with Gasteiger partial charge in [-0.1, -0.05) is 42.0 Å². The molecule has 4 nitrogen and oxygen atoms in total. The van der Waals surface area contributed by atoms with E-state index in [9.17, 15) is 9.59 Å². The second-order valence-corrected chi connectivity index (χ2v) is 4.53. The summed E-state index contributed by atoms with van der Waals surface area (Å²) in [5.41, 5.74) is 7.27. The molecule has 21 heavy (non-hydrogen) atoms. The van der Waals surface area contributed by atoms with Crippen molar-refractivity contribution in [2.45, 2.75) is 6.92 Å². The summed E-state index contributed by atoms with van der Waals surface area (Å²) in [7, 11) is 0. The van der Waals surface area contributed by atoms with E-state index in [0.717, 1.165) is 5.56 Å². The van der Waals surface area contributed by atoms with Crippen LogP contribution in [-0.4, -0.2) is 11.7 Å². The summed E-state index contributed by atoms with van der Waals surface area (Å²) in [6, 6.07) is 16.1. The lowest BCUT2D eigenvalue weighted by atomic mass is 10.1. The highest BCUT2D eigenvalue weighted by atomic mass is 16.2. The zero-order chi connectivity index (χ0) is 15.1. The van der Waals surface area contributed by atoms with Gasteiger partial charge in [0, 0.05) is 23.4 Å². The summed E-state index contributed by atoms with van der Waals surface area (Å²) in [6.45, 7) is 1.93. The number of allylic oxidation sites excluding steroid dienone is 1. The van der Waals surface area contributed by atoms with Gasteiger partial charge >= 0.3 is 0 Å². The highest BCUT2D eigenvalue weighted by Crippen LogP contribution is 2.05. The minimum absolute atomic E-state index is 0.125. The Morgan fingerprint density at radius 3 is 2.38 bits per heavy atom. The maximum atomic E-state index is 11.9. The van der Waals surface area contributed by atoms with Gasteiger partial charge in [0.15, 0.2) is 5.78 Å². The fraction of sp³-hybridized carbons (Fsp3) is 0.0588. The van der Waals surface area contributed by atoms with Crippen LogP contribution >= 0.6 is 0 Å². The molecule has 0 spiro atoms. The molecule has 0 bridgehead atoms. The van der Waals surface area contributed by atoms with Crippen LogP contribution in [0.1, 0.15) is 26.3 Å². The zero-order valence-electron chi connectivity index (χ0n) is 11.7. The van der Waals surface area contributed by atoms with E-state index in [-0.39, 0.29) is 11.7 Å². The Balaban J connectivity index is 1.86. The molecule has 106 valence electrons. The topological polar surface area (TPSA) is 58.2 Å². The normalized spacial score (nSPS) is 10.3. The molecule has 1 amide bonds. The third-order valence-corrected chi connectivity index (χ3v) is 2.84. The average Bonchev–Trinajstić information content (AvgIpc) is 2.52. The second kappa shape index (κ2) is 7.05. The number of carbonyl (C=O) groups is 2. The molecule has 2 aromatic carbocycles. The number of benzene rings is 2. The van der Waals surface area contributed by atoms with Crippen LogP contribution in [0.25, 0.3) is 0 Å². The maximum absolute atomic E-state index is 11.9. The van der Waals surface area contributed by atoms with Crippen molar-refractivity contribution in [2.24, 2.45) is 0 Å². The lowest BCUT2D eigenvalue weighted by Crippen LogP contribution is -2.33. The highest BCUT2D eigenvalue weighted by Gasteiger charge is 2.03. The number of aryl methyl sites for hydroxylation is 1. The standard InChI is InChI=1S/C17H16N2O2/c1-13-6-5-9-15(12-13)16(20)10-11-18-19-17(21)14-7-3-2-4-8-14/h2-12,18H,1H3,(H,19,21)/b11-10+. The molecule has 2 N–H and O–H groups in total. The minimum Gasteiger partial charge on any atom is -0.305 e. The number of carbonyl (C=O) groups excluding carboxylic acids is 2. The van der Waals surface area contributed by atoms with Crippen LogP contribution in [0, 0.1) is 6.92 Å². The number of amides is 1. The van der Waals surface area contributed by atoms with Crippen molar-refractivity contribution in [1.29, 1.82) is 0 Å². The van der Waals surface area contributed by atoms with E-state index in [2.05, 4.69) is 10.9 Å². The first-order valence-electron chi connectivity index (χ1n) is 6.55. The Morgan fingerprint density at radius 1 is 0.952 bits per heavy atom. The first-order chi connectivity index (χ1) is 10.2. The van der Waals surface area contributed by atoms with E-state index >= 15 is 0 Å². The van der Waals surface area contributed by atoms with Gasteiger partial charge in [-0.25, -0.2) is 0 Å². The zero-order valence-corrected chi connectivity index (χ0v) is 11.7. The summed E-state index contributed by atoms with van der Waals surface area (Å²) in [4.78, 5) is 23.6. The summed E-state index contributed by atoms with van der Waals surface area (Å²) in [5.74, 6) is -0.386. The van der Waals surface area contributed by atoms with Crippen molar-refractivity contribution < 1.29 is 9.59 Å². The lowest BCUT2D eigenvalue weighted by molar-refractivity contribution is 0.0939. The third kappa shape index (κ3) is 4.31. The Bertz CT molecular complexity index is 664. The molecule has 0 atom stereocenters. The number of rotatable bonds is 5. The van der Waals surface area contributed by atoms with Crippen molar-refractivity contribution in [3.8, 4) is 0 Å². The molecule has 0 aliphatic rings. The van der Waals surface area contributed by atoms with Crippen molar-refractivity contribution >= 4 is 11.7 Å². The fourth-order valence-corrected chi connectivity index (χ4v) is 1.78. The van der Waals surface area contributed by atoms with Gasteiger partial charge in [0.05, 0.1) is 0 Å². The third-order valence-electron chi connectivity index (χ3n) is 2.84. The van der Waals surface area contributed by atoms with Gasteiger partial charge in [-0.05, 0) is 25.1 Å².